The number of para-hydroxylation sites is 1. The highest BCUT2D eigenvalue weighted by Gasteiger charge is 2.19. The number of carbonyl (C=O) groups is 1. The molecule has 0 saturated heterocycles. The van der Waals surface area contributed by atoms with Crippen molar-refractivity contribution in [2.24, 2.45) is 7.05 Å². The molecule has 1 amide bonds. The summed E-state index contributed by atoms with van der Waals surface area (Å²) in [6.07, 6.45) is 1.55. The van der Waals surface area contributed by atoms with E-state index in [0.29, 0.717) is 23.6 Å². The van der Waals surface area contributed by atoms with Crippen LogP contribution in [0.15, 0.2) is 46.1 Å². The van der Waals surface area contributed by atoms with E-state index in [-0.39, 0.29) is 11.0 Å². The molecule has 140 valence electrons. The normalized spacial score (nSPS) is 10.8. The lowest BCUT2D eigenvalue weighted by Crippen LogP contribution is -2.42. The third-order valence-electron chi connectivity index (χ3n) is 4.13. The van der Waals surface area contributed by atoms with Crippen LogP contribution < -0.4 is 21.3 Å². The predicted molar refractivity (Wildman–Crippen MR) is 102 cm³/mol. The van der Waals surface area contributed by atoms with Gasteiger partial charge in [-0.2, -0.15) is 0 Å². The lowest BCUT2D eigenvalue weighted by Gasteiger charge is -2.14. The maximum Gasteiger partial charge on any atom is 0.332 e. The van der Waals surface area contributed by atoms with Crippen molar-refractivity contribution in [3.05, 3.63) is 62.9 Å². The van der Waals surface area contributed by atoms with E-state index in [2.05, 4.69) is 10.3 Å². The van der Waals surface area contributed by atoms with Crippen molar-refractivity contribution in [3.8, 4) is 5.75 Å². The summed E-state index contributed by atoms with van der Waals surface area (Å²) >= 11 is 0. The molecule has 0 saturated carbocycles. The van der Waals surface area contributed by atoms with E-state index in [1.165, 1.54) is 11.6 Å². The van der Waals surface area contributed by atoms with Crippen LogP contribution in [-0.2, 0) is 18.4 Å². The Hall–Kier alpha value is -3.42. The average molecular weight is 368 g/mol. The summed E-state index contributed by atoms with van der Waals surface area (Å²) in [7, 11) is 1.51. The Balaban J connectivity index is 2.10. The number of hydrogen-bond acceptors (Lipinski definition) is 5. The van der Waals surface area contributed by atoms with E-state index in [0.717, 1.165) is 4.57 Å². The van der Waals surface area contributed by atoms with Gasteiger partial charge in [-0.3, -0.25) is 14.2 Å². The Morgan fingerprint density at radius 3 is 2.59 bits per heavy atom. The summed E-state index contributed by atoms with van der Waals surface area (Å²) in [5.74, 6) is -0.0985. The van der Waals surface area contributed by atoms with Gasteiger partial charge in [-0.25, -0.2) is 14.3 Å². The highest BCUT2D eigenvalue weighted by Crippen LogP contribution is 2.24. The van der Waals surface area contributed by atoms with E-state index < -0.39 is 23.7 Å². The van der Waals surface area contributed by atoms with E-state index in [9.17, 15) is 14.4 Å². The van der Waals surface area contributed by atoms with Gasteiger partial charge in [-0.1, -0.05) is 18.2 Å². The smallest absolute Gasteiger partial charge is 0.332 e. The van der Waals surface area contributed by atoms with Gasteiger partial charge >= 0.3 is 5.69 Å². The molecule has 8 heteroatoms. The van der Waals surface area contributed by atoms with Crippen molar-refractivity contribution in [2.45, 2.75) is 20.4 Å². The first-order valence-electron chi connectivity index (χ1n) is 8.50. The number of fused-ring (bicyclic) bond motifs is 1. The second kappa shape index (κ2) is 7.45. The lowest BCUT2D eigenvalue weighted by molar-refractivity contribution is -0.116. The SMILES string of the molecule is CCOc1c(C)cnc2c1c(=O)n(CC(=O)Nc1ccccc1)c(=O)n2C. The summed E-state index contributed by atoms with van der Waals surface area (Å²) in [5.41, 5.74) is 0.269. The maximum absolute atomic E-state index is 13.0. The summed E-state index contributed by atoms with van der Waals surface area (Å²) in [4.78, 5) is 42.1. The molecule has 0 atom stereocenters. The number of carbonyl (C=O) groups excluding carboxylic acids is 1. The van der Waals surface area contributed by atoms with Gasteiger partial charge in [0.1, 0.15) is 17.7 Å². The van der Waals surface area contributed by atoms with Crippen LogP contribution in [0.3, 0.4) is 0 Å². The zero-order chi connectivity index (χ0) is 19.6. The van der Waals surface area contributed by atoms with E-state index in [1.54, 1.807) is 44.3 Å². The molecule has 0 bridgehead atoms. The van der Waals surface area contributed by atoms with Gasteiger partial charge in [0.2, 0.25) is 5.91 Å². The molecular weight excluding hydrogens is 348 g/mol. The number of amides is 1. The number of ether oxygens (including phenoxy) is 1. The summed E-state index contributed by atoms with van der Waals surface area (Å²) in [6, 6.07) is 8.82. The van der Waals surface area contributed by atoms with Crippen molar-refractivity contribution in [2.75, 3.05) is 11.9 Å². The molecule has 3 aromatic rings. The second-order valence-electron chi connectivity index (χ2n) is 6.05. The van der Waals surface area contributed by atoms with Gasteiger partial charge in [0, 0.05) is 24.5 Å². The van der Waals surface area contributed by atoms with Crippen LogP contribution in [0.4, 0.5) is 5.69 Å². The topological polar surface area (TPSA) is 95.2 Å². The van der Waals surface area contributed by atoms with Crippen LogP contribution in [0.5, 0.6) is 5.75 Å². The van der Waals surface area contributed by atoms with Crippen LogP contribution >= 0.6 is 0 Å². The molecule has 2 aromatic heterocycles. The highest BCUT2D eigenvalue weighted by molar-refractivity contribution is 5.90. The summed E-state index contributed by atoms with van der Waals surface area (Å²) in [5, 5.41) is 2.86. The fourth-order valence-electron chi connectivity index (χ4n) is 2.86. The third kappa shape index (κ3) is 3.46. The Morgan fingerprint density at radius 2 is 1.93 bits per heavy atom. The third-order valence-corrected chi connectivity index (χ3v) is 4.13. The Morgan fingerprint density at radius 1 is 1.22 bits per heavy atom. The van der Waals surface area contributed by atoms with Gasteiger partial charge in [0.15, 0.2) is 5.65 Å². The molecule has 0 aliphatic rings. The first-order valence-corrected chi connectivity index (χ1v) is 8.50. The minimum absolute atomic E-state index is 0.187. The molecule has 0 radical (unpaired) electrons. The van der Waals surface area contributed by atoms with Gasteiger partial charge in [-0.05, 0) is 26.0 Å². The van der Waals surface area contributed by atoms with Crippen molar-refractivity contribution in [1.29, 1.82) is 0 Å². The number of hydrogen-bond donors (Lipinski definition) is 1. The van der Waals surface area contributed by atoms with Crippen molar-refractivity contribution >= 4 is 22.6 Å². The van der Waals surface area contributed by atoms with Crippen LogP contribution in [0.2, 0.25) is 0 Å². The maximum atomic E-state index is 13.0. The van der Waals surface area contributed by atoms with Gasteiger partial charge < -0.3 is 10.1 Å². The molecule has 1 N–H and O–H groups in total. The second-order valence-corrected chi connectivity index (χ2v) is 6.05. The Labute approximate surface area is 155 Å². The molecule has 0 aliphatic heterocycles. The fraction of sp³-hybridized carbons (Fsp3) is 0.263. The molecule has 3 rings (SSSR count). The van der Waals surface area contributed by atoms with E-state index in [4.69, 9.17) is 4.74 Å². The van der Waals surface area contributed by atoms with Crippen LogP contribution in [0.1, 0.15) is 12.5 Å². The number of nitrogens with zero attached hydrogens (tertiary/aromatic N) is 3. The largest absolute Gasteiger partial charge is 0.493 e. The molecule has 8 nitrogen and oxygen atoms in total. The molecule has 0 aliphatic carbocycles. The molecule has 0 fully saturated rings. The Bertz CT molecular complexity index is 1120. The fourth-order valence-corrected chi connectivity index (χ4v) is 2.86. The minimum Gasteiger partial charge on any atom is -0.493 e. The lowest BCUT2D eigenvalue weighted by atomic mass is 10.2. The summed E-state index contributed by atoms with van der Waals surface area (Å²) < 4.78 is 7.75. The highest BCUT2D eigenvalue weighted by atomic mass is 16.5. The van der Waals surface area contributed by atoms with Crippen molar-refractivity contribution in [3.63, 3.8) is 0 Å². The molecule has 0 spiro atoms. The van der Waals surface area contributed by atoms with Crippen molar-refractivity contribution in [1.82, 2.24) is 14.1 Å². The van der Waals surface area contributed by atoms with Gasteiger partial charge in [0.25, 0.3) is 5.56 Å². The molecular formula is C19H20N4O4. The van der Waals surface area contributed by atoms with Gasteiger partial charge in [0.05, 0.1) is 6.61 Å². The van der Waals surface area contributed by atoms with Crippen LogP contribution in [0, 0.1) is 6.92 Å². The number of nitrogens with one attached hydrogen (secondary N) is 1. The minimum atomic E-state index is -0.616. The van der Waals surface area contributed by atoms with Crippen molar-refractivity contribution < 1.29 is 9.53 Å². The quantitative estimate of drug-likeness (QED) is 0.735. The van der Waals surface area contributed by atoms with Crippen LogP contribution in [0.25, 0.3) is 11.0 Å². The number of pyridine rings is 1. The first kappa shape index (κ1) is 18.4. The average Bonchev–Trinajstić information content (AvgIpc) is 2.66. The number of benzene rings is 1. The zero-order valence-corrected chi connectivity index (χ0v) is 15.4. The zero-order valence-electron chi connectivity index (χ0n) is 15.4. The molecule has 2 heterocycles. The van der Waals surface area contributed by atoms with Crippen LogP contribution in [-0.4, -0.2) is 26.6 Å². The number of aryl methyl sites for hydroxylation is 2. The van der Waals surface area contributed by atoms with E-state index in [1.807, 2.05) is 6.07 Å². The molecule has 0 unspecified atom stereocenters. The predicted octanol–water partition coefficient (Wildman–Crippen LogP) is 1.44. The molecule has 27 heavy (non-hydrogen) atoms. The molecule has 1 aromatic carbocycles. The number of aromatic nitrogens is 3. The summed E-state index contributed by atoms with van der Waals surface area (Å²) in [6.45, 7) is 3.53. The first-order chi connectivity index (χ1) is 12.9. The number of anilines is 1. The monoisotopic (exact) mass is 368 g/mol. The number of rotatable bonds is 5. The Kier molecular flexibility index (Phi) is 5.07. The van der Waals surface area contributed by atoms with E-state index >= 15 is 0 Å². The van der Waals surface area contributed by atoms with Gasteiger partial charge in [-0.15, -0.1) is 0 Å². The standard InChI is InChI=1S/C19H20N4O4/c1-4-27-16-12(2)10-20-17-15(16)18(25)23(19(26)22(17)3)11-14(24)21-13-8-6-5-7-9-13/h5-10H,4,11H2,1-3H3,(H,21,24).